The van der Waals surface area contributed by atoms with Crippen LogP contribution in [0.25, 0.3) is 6.08 Å². The summed E-state index contributed by atoms with van der Waals surface area (Å²) in [5, 5.41) is 0. The van der Waals surface area contributed by atoms with Crippen LogP contribution in [-0.4, -0.2) is 18.3 Å². The fraction of sp³-hybridized carbons (Fsp3) is 0.467. The number of benzene rings is 1. The summed E-state index contributed by atoms with van der Waals surface area (Å²) in [6, 6.07) is 4.43. The minimum atomic E-state index is -4.47. The zero-order valence-corrected chi connectivity index (χ0v) is 12.8. The molecule has 0 unspecified atom stereocenters. The van der Waals surface area contributed by atoms with Gasteiger partial charge in [0.25, 0.3) is 0 Å². The maximum atomic E-state index is 14.2. The third-order valence-electron chi connectivity index (χ3n) is 4.00. The highest BCUT2D eigenvalue weighted by Crippen LogP contribution is 2.39. The van der Waals surface area contributed by atoms with E-state index in [1.807, 2.05) is 0 Å². The first-order valence-corrected chi connectivity index (χ1v) is 6.82. The van der Waals surface area contributed by atoms with Gasteiger partial charge in [-0.05, 0) is 51.5 Å². The van der Waals surface area contributed by atoms with E-state index in [-0.39, 0.29) is 5.56 Å². The van der Waals surface area contributed by atoms with Gasteiger partial charge in [0.2, 0.25) is 0 Å². The van der Waals surface area contributed by atoms with E-state index in [0.29, 0.717) is 0 Å². The molecule has 1 saturated heterocycles. The smallest absolute Gasteiger partial charge is 0.398 e. The number of rotatable bonds is 2. The van der Waals surface area contributed by atoms with E-state index in [1.165, 1.54) is 12.1 Å². The molecule has 1 aromatic rings. The molecule has 0 radical (unpaired) electrons. The van der Waals surface area contributed by atoms with E-state index in [2.05, 4.69) is 0 Å². The molecule has 7 heteroatoms. The molecule has 0 N–H and O–H groups in total. The van der Waals surface area contributed by atoms with E-state index in [0.717, 1.165) is 18.2 Å². The summed E-state index contributed by atoms with van der Waals surface area (Å²) in [4.78, 5) is 0. The highest BCUT2D eigenvalue weighted by molar-refractivity contribution is 6.54. The van der Waals surface area contributed by atoms with Gasteiger partial charge < -0.3 is 9.31 Å². The van der Waals surface area contributed by atoms with Crippen LogP contribution in [0.4, 0.5) is 17.6 Å². The molecular formula is C15H17BF4O2. The van der Waals surface area contributed by atoms with Gasteiger partial charge in [-0.3, -0.25) is 0 Å². The largest absolute Gasteiger partial charge is 0.525 e. The topological polar surface area (TPSA) is 18.5 Å². The van der Waals surface area contributed by atoms with Crippen molar-refractivity contribution >= 4 is 13.2 Å². The maximum Gasteiger partial charge on any atom is 0.525 e. The van der Waals surface area contributed by atoms with Crippen LogP contribution in [0.1, 0.15) is 38.8 Å². The van der Waals surface area contributed by atoms with Gasteiger partial charge in [0, 0.05) is 0 Å². The Kier molecular flexibility index (Phi) is 4.17. The van der Waals surface area contributed by atoms with Crippen LogP contribution in [0.15, 0.2) is 30.0 Å². The quantitative estimate of drug-likeness (QED) is 0.584. The molecule has 22 heavy (non-hydrogen) atoms. The predicted molar refractivity (Wildman–Crippen MR) is 76.6 cm³/mol. The molecule has 1 aliphatic rings. The zero-order chi connectivity index (χ0) is 16.8. The fourth-order valence-corrected chi connectivity index (χ4v) is 1.99. The Morgan fingerprint density at radius 3 is 2.14 bits per heavy atom. The maximum absolute atomic E-state index is 14.2. The first-order valence-electron chi connectivity index (χ1n) is 6.82. The van der Waals surface area contributed by atoms with Crippen LogP contribution in [0, 0.1) is 0 Å². The summed E-state index contributed by atoms with van der Waals surface area (Å²) >= 11 is 0. The summed E-state index contributed by atoms with van der Waals surface area (Å²) in [6.45, 7) is 7.07. The lowest BCUT2D eigenvalue weighted by Gasteiger charge is -2.32. The molecule has 1 aliphatic heterocycles. The second-order valence-electron chi connectivity index (χ2n) is 6.24. The minimum Gasteiger partial charge on any atom is -0.398 e. The molecule has 0 aliphatic carbocycles. The molecule has 1 fully saturated rings. The highest BCUT2D eigenvalue weighted by atomic mass is 19.4. The molecule has 1 aromatic carbocycles. The van der Waals surface area contributed by atoms with Crippen LogP contribution >= 0.6 is 0 Å². The molecule has 0 atom stereocenters. The van der Waals surface area contributed by atoms with Gasteiger partial charge in [-0.2, -0.15) is 13.2 Å². The van der Waals surface area contributed by atoms with Crippen molar-refractivity contribution in [3.63, 3.8) is 0 Å². The van der Waals surface area contributed by atoms with E-state index in [9.17, 15) is 17.6 Å². The van der Waals surface area contributed by atoms with E-state index in [1.54, 1.807) is 27.7 Å². The summed E-state index contributed by atoms with van der Waals surface area (Å²) in [7, 11) is -1.22. The van der Waals surface area contributed by atoms with Gasteiger partial charge >= 0.3 is 13.3 Å². The van der Waals surface area contributed by atoms with E-state index < -0.39 is 35.8 Å². The summed E-state index contributed by atoms with van der Waals surface area (Å²) < 4.78 is 63.2. The Balaban J connectivity index is 2.24. The van der Waals surface area contributed by atoms with Gasteiger partial charge in [-0.1, -0.05) is 12.1 Å². The number of hydrogen-bond donors (Lipinski definition) is 0. The average molecular weight is 316 g/mol. The Morgan fingerprint density at radius 2 is 1.64 bits per heavy atom. The van der Waals surface area contributed by atoms with Crippen LogP contribution < -0.4 is 0 Å². The Hall–Kier alpha value is -1.34. The van der Waals surface area contributed by atoms with Crippen molar-refractivity contribution in [2.75, 3.05) is 0 Å². The van der Waals surface area contributed by atoms with Crippen LogP contribution in [0.5, 0.6) is 0 Å². The molecule has 2 nitrogen and oxygen atoms in total. The minimum absolute atomic E-state index is 0.0991. The van der Waals surface area contributed by atoms with E-state index >= 15 is 0 Å². The lowest BCUT2D eigenvalue weighted by atomic mass is 9.86. The Labute approximate surface area is 127 Å². The van der Waals surface area contributed by atoms with Gasteiger partial charge in [-0.25, -0.2) is 4.39 Å². The van der Waals surface area contributed by atoms with E-state index in [4.69, 9.17) is 9.31 Å². The van der Waals surface area contributed by atoms with Crippen molar-refractivity contribution in [1.29, 1.82) is 0 Å². The summed E-state index contributed by atoms with van der Waals surface area (Å²) in [5.41, 5.74) is -2.92. The standard InChI is InChI=1S/C15H17BF4O2/c1-13(2)14(3,4)22-16(21-13)12(17)9-10-6-5-7-11(8-10)15(18,19)20/h5-9H,1-4H3. The lowest BCUT2D eigenvalue weighted by Crippen LogP contribution is -2.41. The van der Waals surface area contributed by atoms with Crippen molar-refractivity contribution in [2.45, 2.75) is 45.1 Å². The molecule has 0 amide bonds. The highest BCUT2D eigenvalue weighted by Gasteiger charge is 2.53. The molecule has 0 saturated carbocycles. The number of halogens is 4. The fourth-order valence-electron chi connectivity index (χ4n) is 1.99. The zero-order valence-electron chi connectivity index (χ0n) is 12.8. The normalized spacial score (nSPS) is 21.3. The first kappa shape index (κ1) is 17.0. The summed E-state index contributed by atoms with van der Waals surface area (Å²) in [6.07, 6.45) is -3.47. The Morgan fingerprint density at radius 1 is 1.09 bits per heavy atom. The second-order valence-corrected chi connectivity index (χ2v) is 6.24. The van der Waals surface area contributed by atoms with Crippen LogP contribution in [-0.2, 0) is 15.5 Å². The molecule has 0 aromatic heterocycles. The number of alkyl halides is 3. The van der Waals surface area contributed by atoms with Crippen molar-refractivity contribution in [3.8, 4) is 0 Å². The third kappa shape index (κ3) is 3.36. The van der Waals surface area contributed by atoms with Crippen molar-refractivity contribution in [2.24, 2.45) is 0 Å². The van der Waals surface area contributed by atoms with Crippen LogP contribution in [0.3, 0.4) is 0 Å². The van der Waals surface area contributed by atoms with Gasteiger partial charge in [-0.15, -0.1) is 0 Å². The predicted octanol–water partition coefficient (Wildman–Crippen LogP) is 4.65. The van der Waals surface area contributed by atoms with Crippen molar-refractivity contribution < 1.29 is 26.9 Å². The third-order valence-corrected chi connectivity index (χ3v) is 4.00. The molecule has 0 spiro atoms. The average Bonchev–Trinajstić information content (AvgIpc) is 2.58. The van der Waals surface area contributed by atoms with Crippen molar-refractivity contribution in [3.05, 3.63) is 41.1 Å². The molecule has 1 heterocycles. The molecule has 0 bridgehead atoms. The van der Waals surface area contributed by atoms with Gasteiger partial charge in [0.1, 0.15) is 5.73 Å². The second kappa shape index (κ2) is 5.39. The Bertz CT molecular complexity index is 577. The summed E-state index contributed by atoms with van der Waals surface area (Å²) in [5.74, 6) is 0. The van der Waals surface area contributed by atoms with Gasteiger partial charge in [0.15, 0.2) is 0 Å². The van der Waals surface area contributed by atoms with Gasteiger partial charge in [0.05, 0.1) is 16.8 Å². The number of hydrogen-bond acceptors (Lipinski definition) is 2. The molecule has 120 valence electrons. The monoisotopic (exact) mass is 316 g/mol. The molecular weight excluding hydrogens is 299 g/mol. The SMILES string of the molecule is CC1(C)OB(C(F)=Cc2cccc(C(F)(F)F)c2)OC1(C)C. The van der Waals surface area contributed by atoms with Crippen LogP contribution in [0.2, 0.25) is 0 Å². The van der Waals surface area contributed by atoms with Crippen molar-refractivity contribution in [1.82, 2.24) is 0 Å². The first-order chi connectivity index (χ1) is 9.92. The molecule has 2 rings (SSSR count). The lowest BCUT2D eigenvalue weighted by molar-refractivity contribution is -0.137.